The molecule has 0 fully saturated rings. The topological polar surface area (TPSA) is 58.2 Å². The van der Waals surface area contributed by atoms with E-state index in [0.717, 1.165) is 9.13 Å². The molecule has 0 unspecified atom stereocenters. The number of anilines is 2. The first-order valence-electron chi connectivity index (χ1n) is 8.06. The lowest BCUT2D eigenvalue weighted by Crippen LogP contribution is -2.13. The third-order valence-electron chi connectivity index (χ3n) is 3.77. The van der Waals surface area contributed by atoms with Crippen molar-refractivity contribution in [2.75, 3.05) is 10.6 Å². The number of hydrogen-bond donors (Lipinski definition) is 2. The van der Waals surface area contributed by atoms with Gasteiger partial charge in [-0.3, -0.25) is 9.59 Å². The molecule has 0 spiro atoms. The Morgan fingerprint density at radius 1 is 0.731 bits per heavy atom. The summed E-state index contributed by atoms with van der Waals surface area (Å²) >= 11 is 2.17. The molecule has 0 bridgehead atoms. The lowest BCUT2D eigenvalue weighted by molar-refractivity contribution is 0.101. The fraction of sp³-hybridized carbons (Fsp3) is 0.0476. The second-order valence-electron chi connectivity index (χ2n) is 5.87. The molecule has 0 aliphatic carbocycles. The maximum Gasteiger partial charge on any atom is 0.255 e. The van der Waals surface area contributed by atoms with Gasteiger partial charge in [0.15, 0.2) is 0 Å². The molecule has 0 aliphatic heterocycles. The molecule has 130 valence electrons. The number of amides is 2. The summed E-state index contributed by atoms with van der Waals surface area (Å²) in [5, 5.41) is 5.70. The number of nitrogens with one attached hydrogen (secondary N) is 2. The van der Waals surface area contributed by atoms with Crippen molar-refractivity contribution in [3.63, 3.8) is 0 Å². The summed E-state index contributed by atoms with van der Waals surface area (Å²) in [4.78, 5) is 24.5. The fourth-order valence-corrected chi connectivity index (χ4v) is 3.00. The summed E-state index contributed by atoms with van der Waals surface area (Å²) in [6, 6.07) is 21.8. The van der Waals surface area contributed by atoms with Crippen LogP contribution in [0.25, 0.3) is 0 Å². The predicted octanol–water partition coefficient (Wildman–Crippen LogP) is 5.10. The van der Waals surface area contributed by atoms with Crippen LogP contribution in [0.15, 0.2) is 72.8 Å². The summed E-state index contributed by atoms with van der Waals surface area (Å²) in [5.41, 5.74) is 3.59. The van der Waals surface area contributed by atoms with E-state index < -0.39 is 0 Å². The van der Waals surface area contributed by atoms with Crippen molar-refractivity contribution in [3.8, 4) is 0 Å². The molecule has 3 rings (SSSR count). The van der Waals surface area contributed by atoms with Gasteiger partial charge in [0.1, 0.15) is 0 Å². The van der Waals surface area contributed by atoms with Gasteiger partial charge in [0.2, 0.25) is 0 Å². The maximum absolute atomic E-state index is 12.3. The summed E-state index contributed by atoms with van der Waals surface area (Å²) < 4.78 is 1.00. The molecule has 0 aliphatic rings. The smallest absolute Gasteiger partial charge is 0.255 e. The highest BCUT2D eigenvalue weighted by molar-refractivity contribution is 14.1. The quantitative estimate of drug-likeness (QED) is 0.537. The van der Waals surface area contributed by atoms with E-state index in [1.807, 2.05) is 43.3 Å². The number of aryl methyl sites for hydroxylation is 1. The van der Waals surface area contributed by atoms with Gasteiger partial charge in [-0.05, 0) is 84.1 Å². The third-order valence-corrected chi connectivity index (χ3v) is 4.44. The third kappa shape index (κ3) is 4.70. The molecule has 0 saturated heterocycles. The van der Waals surface area contributed by atoms with Crippen LogP contribution in [0.2, 0.25) is 0 Å². The zero-order valence-electron chi connectivity index (χ0n) is 14.1. The van der Waals surface area contributed by atoms with Crippen molar-refractivity contribution in [3.05, 3.63) is 93.1 Å². The highest BCUT2D eigenvalue weighted by Gasteiger charge is 2.08. The zero-order chi connectivity index (χ0) is 18.5. The number of carbonyl (C=O) groups excluding carboxylic acids is 2. The lowest BCUT2D eigenvalue weighted by atomic mass is 10.1. The minimum atomic E-state index is -0.167. The van der Waals surface area contributed by atoms with E-state index in [-0.39, 0.29) is 11.8 Å². The number of hydrogen-bond acceptors (Lipinski definition) is 2. The van der Waals surface area contributed by atoms with Crippen LogP contribution in [0.3, 0.4) is 0 Å². The van der Waals surface area contributed by atoms with Crippen molar-refractivity contribution in [1.29, 1.82) is 0 Å². The van der Waals surface area contributed by atoms with Gasteiger partial charge >= 0.3 is 0 Å². The molecular formula is C21H17IN2O2. The molecule has 5 heteroatoms. The van der Waals surface area contributed by atoms with Gasteiger partial charge in [0.25, 0.3) is 11.8 Å². The Kier molecular flexibility index (Phi) is 5.68. The van der Waals surface area contributed by atoms with E-state index in [9.17, 15) is 9.59 Å². The van der Waals surface area contributed by atoms with E-state index in [0.29, 0.717) is 22.5 Å². The largest absolute Gasteiger partial charge is 0.322 e. The van der Waals surface area contributed by atoms with Crippen molar-refractivity contribution < 1.29 is 9.59 Å². The number of benzene rings is 3. The van der Waals surface area contributed by atoms with E-state index in [4.69, 9.17) is 0 Å². The Labute approximate surface area is 165 Å². The molecular weight excluding hydrogens is 439 g/mol. The Morgan fingerprint density at radius 3 is 1.73 bits per heavy atom. The molecule has 0 heterocycles. The second-order valence-corrected chi connectivity index (χ2v) is 7.11. The van der Waals surface area contributed by atoms with E-state index in [1.165, 1.54) is 0 Å². The number of halogens is 1. The van der Waals surface area contributed by atoms with Crippen LogP contribution in [0.1, 0.15) is 26.3 Å². The Morgan fingerprint density at radius 2 is 1.23 bits per heavy atom. The zero-order valence-corrected chi connectivity index (χ0v) is 16.3. The Hall–Kier alpha value is -2.67. The average molecular weight is 456 g/mol. The minimum Gasteiger partial charge on any atom is -0.322 e. The van der Waals surface area contributed by atoms with E-state index >= 15 is 0 Å². The van der Waals surface area contributed by atoms with Gasteiger partial charge in [-0.2, -0.15) is 0 Å². The first kappa shape index (κ1) is 18.1. The maximum atomic E-state index is 12.3. The van der Waals surface area contributed by atoms with Crippen LogP contribution in [0.5, 0.6) is 0 Å². The SMILES string of the molecule is Cc1cccc(C(=O)Nc2ccc(NC(=O)c3cccc(I)c3)cc2)c1. The average Bonchev–Trinajstić information content (AvgIpc) is 2.63. The first-order valence-corrected chi connectivity index (χ1v) is 9.14. The molecule has 0 atom stereocenters. The molecule has 0 radical (unpaired) electrons. The van der Waals surface area contributed by atoms with E-state index in [2.05, 4.69) is 33.2 Å². The summed E-state index contributed by atoms with van der Waals surface area (Å²) in [7, 11) is 0. The highest BCUT2D eigenvalue weighted by atomic mass is 127. The standard InChI is InChI=1S/C21H17IN2O2/c1-14-4-2-5-15(12-14)20(25)23-18-8-10-19(11-9-18)24-21(26)16-6-3-7-17(22)13-16/h2-13H,1H3,(H,23,25)(H,24,26). The molecule has 2 N–H and O–H groups in total. The monoisotopic (exact) mass is 456 g/mol. The fourth-order valence-electron chi connectivity index (χ4n) is 2.46. The lowest BCUT2D eigenvalue weighted by Gasteiger charge is -2.09. The van der Waals surface area contributed by atoms with Gasteiger partial charge in [-0.1, -0.05) is 23.8 Å². The normalized spacial score (nSPS) is 10.2. The Bertz CT molecular complexity index is 874. The van der Waals surface area contributed by atoms with Crippen molar-refractivity contribution in [2.24, 2.45) is 0 Å². The van der Waals surface area contributed by atoms with Crippen molar-refractivity contribution in [1.82, 2.24) is 0 Å². The van der Waals surface area contributed by atoms with Gasteiger partial charge in [0.05, 0.1) is 0 Å². The van der Waals surface area contributed by atoms with Crippen LogP contribution in [-0.4, -0.2) is 11.8 Å². The van der Waals surface area contributed by atoms with Gasteiger partial charge in [-0.25, -0.2) is 0 Å². The molecule has 2 amide bonds. The van der Waals surface area contributed by atoms with Crippen molar-refractivity contribution in [2.45, 2.75) is 6.92 Å². The minimum absolute atomic E-state index is 0.163. The van der Waals surface area contributed by atoms with Crippen LogP contribution in [0.4, 0.5) is 11.4 Å². The van der Waals surface area contributed by atoms with Crippen LogP contribution in [-0.2, 0) is 0 Å². The number of rotatable bonds is 4. The predicted molar refractivity (Wildman–Crippen MR) is 113 cm³/mol. The molecule has 3 aromatic rings. The highest BCUT2D eigenvalue weighted by Crippen LogP contribution is 2.17. The molecule has 0 aromatic heterocycles. The van der Waals surface area contributed by atoms with Crippen LogP contribution < -0.4 is 10.6 Å². The molecule has 26 heavy (non-hydrogen) atoms. The Balaban J connectivity index is 1.65. The van der Waals surface area contributed by atoms with Gasteiger partial charge in [-0.15, -0.1) is 0 Å². The van der Waals surface area contributed by atoms with Gasteiger partial charge < -0.3 is 10.6 Å². The molecule has 3 aromatic carbocycles. The van der Waals surface area contributed by atoms with E-state index in [1.54, 1.807) is 36.4 Å². The molecule has 4 nitrogen and oxygen atoms in total. The first-order chi connectivity index (χ1) is 12.5. The van der Waals surface area contributed by atoms with Crippen LogP contribution >= 0.6 is 22.6 Å². The molecule has 0 saturated carbocycles. The number of carbonyl (C=O) groups is 2. The van der Waals surface area contributed by atoms with Gasteiger partial charge in [0, 0.05) is 26.1 Å². The van der Waals surface area contributed by atoms with Crippen LogP contribution in [0, 0.1) is 10.5 Å². The summed E-state index contributed by atoms with van der Waals surface area (Å²) in [5.74, 6) is -0.329. The van der Waals surface area contributed by atoms with Crippen molar-refractivity contribution >= 4 is 45.8 Å². The summed E-state index contributed by atoms with van der Waals surface area (Å²) in [6.45, 7) is 1.95. The second kappa shape index (κ2) is 8.14. The summed E-state index contributed by atoms with van der Waals surface area (Å²) in [6.07, 6.45) is 0.